The van der Waals surface area contributed by atoms with Crippen LogP contribution in [0.4, 0.5) is 0 Å². The van der Waals surface area contributed by atoms with Gasteiger partial charge in [-0.1, -0.05) is 23.7 Å². The van der Waals surface area contributed by atoms with Crippen LogP contribution in [-0.2, 0) is 18.9 Å². The number of hydrogen-bond acceptors (Lipinski definition) is 12. The fraction of sp³-hybridized carbons (Fsp3) is 0.405. The molecule has 3 aromatic carbocycles. The lowest BCUT2D eigenvalue weighted by Crippen LogP contribution is -2.59. The van der Waals surface area contributed by atoms with Crippen LogP contribution in [0, 0.1) is 23.7 Å². The Bertz CT molecular complexity index is 1570. The van der Waals surface area contributed by atoms with E-state index < -0.39 is 37.3 Å². The molecule has 0 bridgehead atoms. The Morgan fingerprint density at radius 2 is 1.10 bits per heavy atom. The summed E-state index contributed by atoms with van der Waals surface area (Å²) >= 11 is 0. The van der Waals surface area contributed by atoms with E-state index in [2.05, 4.69) is 23.7 Å². The Kier molecular flexibility index (Phi) is 15.0. The molecule has 5 atom stereocenters. The third-order valence-corrected chi connectivity index (χ3v) is 7.38. The van der Waals surface area contributed by atoms with E-state index in [1.54, 1.807) is 33.5 Å². The molecule has 1 aliphatic rings. The summed E-state index contributed by atoms with van der Waals surface area (Å²) in [4.78, 5) is 0. The molecule has 49 heavy (non-hydrogen) atoms. The van der Waals surface area contributed by atoms with E-state index in [9.17, 15) is 20.4 Å². The highest BCUT2D eigenvalue weighted by atomic mass is 16.7. The van der Waals surface area contributed by atoms with Gasteiger partial charge in [0.05, 0.1) is 72.1 Å². The monoisotopic (exact) mass is 678 g/mol. The maximum atomic E-state index is 10.0. The molecule has 0 unspecified atom stereocenters. The molecule has 0 aliphatic carbocycles. The molecule has 1 aliphatic heterocycles. The van der Waals surface area contributed by atoms with Gasteiger partial charge in [0.2, 0.25) is 0 Å². The molecule has 0 saturated carbocycles. The molecule has 4 rings (SSSR count). The summed E-state index contributed by atoms with van der Waals surface area (Å²) in [7, 11) is 4.80. The molecule has 262 valence electrons. The first-order valence-corrected chi connectivity index (χ1v) is 15.6. The second-order valence-corrected chi connectivity index (χ2v) is 10.6. The van der Waals surface area contributed by atoms with Crippen LogP contribution in [0.5, 0.6) is 23.0 Å². The minimum absolute atomic E-state index is 0.0489. The van der Waals surface area contributed by atoms with Gasteiger partial charge in [0, 0.05) is 23.3 Å². The highest BCUT2D eigenvalue weighted by Crippen LogP contribution is 2.29. The van der Waals surface area contributed by atoms with E-state index in [0.29, 0.717) is 22.6 Å². The second-order valence-electron chi connectivity index (χ2n) is 10.6. The fourth-order valence-electron chi connectivity index (χ4n) is 4.63. The minimum Gasteiger partial charge on any atom is -0.497 e. The summed E-state index contributed by atoms with van der Waals surface area (Å²) in [6, 6.07) is 18.5. The third kappa shape index (κ3) is 11.1. The van der Waals surface area contributed by atoms with Crippen LogP contribution >= 0.6 is 0 Å². The first-order valence-electron chi connectivity index (χ1n) is 15.6. The Morgan fingerprint density at radius 3 is 1.63 bits per heavy atom. The average Bonchev–Trinajstić information content (AvgIpc) is 3.14. The maximum absolute atomic E-state index is 10.0. The average molecular weight is 679 g/mol. The zero-order valence-corrected chi connectivity index (χ0v) is 27.7. The lowest BCUT2D eigenvalue weighted by atomic mass is 9.99. The Labute approximate surface area is 286 Å². The van der Waals surface area contributed by atoms with Crippen molar-refractivity contribution in [3.05, 3.63) is 82.9 Å². The SMILES string of the molecule is COc1ccc(C#Cc2cc(OCCOCCOCCO[C@@H]3O[C@H](CO)[C@@H](O)[C@H](O)[C@H]3O)c(C#Cc3ccc(OC)cc3)cc2OC)cc1. The topological polar surface area (TPSA) is 155 Å². The van der Waals surface area contributed by atoms with Gasteiger partial charge in [-0.05, 0) is 48.5 Å². The molecular weight excluding hydrogens is 636 g/mol. The van der Waals surface area contributed by atoms with E-state index in [1.165, 1.54) is 0 Å². The highest BCUT2D eigenvalue weighted by Gasteiger charge is 2.43. The van der Waals surface area contributed by atoms with Gasteiger partial charge in [-0.3, -0.25) is 0 Å². The molecule has 4 N–H and O–H groups in total. The smallest absolute Gasteiger partial charge is 0.186 e. The number of hydrogen-bond donors (Lipinski definition) is 4. The number of aliphatic hydroxyl groups excluding tert-OH is 4. The quantitative estimate of drug-likeness (QED) is 0.137. The van der Waals surface area contributed by atoms with Crippen molar-refractivity contribution in [2.45, 2.75) is 30.7 Å². The molecule has 0 amide bonds. The van der Waals surface area contributed by atoms with Crippen molar-refractivity contribution in [3.8, 4) is 46.7 Å². The lowest BCUT2D eigenvalue weighted by Gasteiger charge is -2.39. The number of aliphatic hydroxyl groups is 4. The van der Waals surface area contributed by atoms with Crippen LogP contribution in [0.3, 0.4) is 0 Å². The van der Waals surface area contributed by atoms with Gasteiger partial charge in [-0.2, -0.15) is 0 Å². The standard InChI is InChI=1S/C37H42O12/c1-42-29-12-6-25(7-13-29)4-10-27-23-32(28(22-31(27)44-3)11-5-26-8-14-30(43-2)15-9-26)47-20-18-45-16-17-46-19-21-48-37-36(41)35(40)34(39)33(24-38)49-37/h6-9,12-15,22-23,33-41H,16-21,24H2,1-3H3/t33-,34-,35+,36-,37-/m1/s1. The number of ether oxygens (including phenoxy) is 8. The van der Waals surface area contributed by atoms with E-state index in [1.807, 2.05) is 48.5 Å². The first kappa shape index (κ1) is 37.5. The van der Waals surface area contributed by atoms with Crippen LogP contribution in [-0.4, -0.2) is 119 Å². The van der Waals surface area contributed by atoms with Crippen molar-refractivity contribution in [1.82, 2.24) is 0 Å². The molecular formula is C37H42O12. The van der Waals surface area contributed by atoms with Crippen LogP contribution in [0.25, 0.3) is 0 Å². The van der Waals surface area contributed by atoms with Crippen molar-refractivity contribution in [3.63, 3.8) is 0 Å². The number of rotatable bonds is 15. The fourth-order valence-corrected chi connectivity index (χ4v) is 4.63. The van der Waals surface area contributed by atoms with Crippen molar-refractivity contribution in [1.29, 1.82) is 0 Å². The van der Waals surface area contributed by atoms with Crippen molar-refractivity contribution >= 4 is 0 Å². The summed E-state index contributed by atoms with van der Waals surface area (Å²) in [6.07, 6.45) is -6.64. The van der Waals surface area contributed by atoms with Gasteiger partial charge >= 0.3 is 0 Å². The molecule has 3 aromatic rings. The lowest BCUT2D eigenvalue weighted by molar-refractivity contribution is -0.302. The van der Waals surface area contributed by atoms with Gasteiger partial charge in [0.15, 0.2) is 6.29 Å². The zero-order valence-electron chi connectivity index (χ0n) is 27.7. The van der Waals surface area contributed by atoms with Gasteiger partial charge in [0.1, 0.15) is 54.0 Å². The third-order valence-electron chi connectivity index (χ3n) is 7.38. The molecule has 0 spiro atoms. The molecule has 12 nitrogen and oxygen atoms in total. The van der Waals surface area contributed by atoms with Gasteiger partial charge in [0.25, 0.3) is 0 Å². The highest BCUT2D eigenvalue weighted by molar-refractivity contribution is 5.60. The molecule has 1 fully saturated rings. The number of methoxy groups -OCH3 is 3. The summed E-state index contributed by atoms with van der Waals surface area (Å²) in [5.41, 5.74) is 2.86. The zero-order chi connectivity index (χ0) is 35.0. The first-order chi connectivity index (χ1) is 23.9. The van der Waals surface area contributed by atoms with Crippen LogP contribution in [0.1, 0.15) is 22.3 Å². The van der Waals surface area contributed by atoms with Gasteiger partial charge < -0.3 is 58.3 Å². The predicted octanol–water partition coefficient (Wildman–Crippen LogP) is 1.74. The van der Waals surface area contributed by atoms with Crippen molar-refractivity contribution in [2.75, 3.05) is 67.6 Å². The second kappa shape index (κ2) is 19.6. The Morgan fingerprint density at radius 1 is 0.592 bits per heavy atom. The molecule has 12 heteroatoms. The summed E-state index contributed by atoms with van der Waals surface area (Å²) in [5, 5.41) is 39.0. The van der Waals surface area contributed by atoms with E-state index in [-0.39, 0.29) is 39.6 Å². The summed E-state index contributed by atoms with van der Waals surface area (Å²) < 4.78 is 44.1. The van der Waals surface area contributed by atoms with Crippen molar-refractivity contribution in [2.24, 2.45) is 0 Å². The Hall–Kier alpha value is -4.34. The van der Waals surface area contributed by atoms with Crippen LogP contribution < -0.4 is 18.9 Å². The molecule has 1 saturated heterocycles. The van der Waals surface area contributed by atoms with E-state index in [0.717, 1.165) is 22.6 Å². The van der Waals surface area contributed by atoms with E-state index >= 15 is 0 Å². The maximum Gasteiger partial charge on any atom is 0.186 e. The minimum atomic E-state index is -1.50. The van der Waals surface area contributed by atoms with Gasteiger partial charge in [-0.15, -0.1) is 0 Å². The van der Waals surface area contributed by atoms with Gasteiger partial charge in [-0.25, -0.2) is 0 Å². The normalized spacial score (nSPS) is 19.9. The molecule has 1 heterocycles. The van der Waals surface area contributed by atoms with E-state index in [4.69, 9.17) is 37.9 Å². The Balaban J connectivity index is 1.31. The van der Waals surface area contributed by atoms with Crippen LogP contribution in [0.2, 0.25) is 0 Å². The summed E-state index contributed by atoms with van der Waals surface area (Å²) in [5.74, 6) is 15.2. The van der Waals surface area contributed by atoms with Crippen molar-refractivity contribution < 1.29 is 58.3 Å². The molecule has 0 aromatic heterocycles. The summed E-state index contributed by atoms with van der Waals surface area (Å²) in [6.45, 7) is 0.743. The number of benzene rings is 3. The molecule has 0 radical (unpaired) electrons. The van der Waals surface area contributed by atoms with Crippen LogP contribution in [0.15, 0.2) is 60.7 Å². The predicted molar refractivity (Wildman–Crippen MR) is 178 cm³/mol. The largest absolute Gasteiger partial charge is 0.497 e.